The molecule has 5 heteroatoms. The molecule has 1 fully saturated rings. The van der Waals surface area contributed by atoms with E-state index in [9.17, 15) is 0 Å². The van der Waals surface area contributed by atoms with E-state index in [1.54, 1.807) is 0 Å². The first-order chi connectivity index (χ1) is 9.58. The summed E-state index contributed by atoms with van der Waals surface area (Å²) < 4.78 is 5.64. The van der Waals surface area contributed by atoms with Crippen LogP contribution in [0.5, 0.6) is 5.88 Å². The highest BCUT2D eigenvalue weighted by molar-refractivity contribution is 5.66. The first-order valence-corrected chi connectivity index (χ1v) is 7.57. The second-order valence-electron chi connectivity index (χ2n) is 6.16. The fourth-order valence-electron chi connectivity index (χ4n) is 2.56. The Hall–Kier alpha value is -1.52. The highest BCUT2D eigenvalue weighted by Gasteiger charge is 2.22. The van der Waals surface area contributed by atoms with Gasteiger partial charge in [-0.2, -0.15) is 4.98 Å². The average Bonchev–Trinajstić information content (AvgIpc) is 2.42. The first-order valence-electron chi connectivity index (χ1n) is 7.57. The molecule has 20 heavy (non-hydrogen) atoms. The molecule has 112 valence electrons. The zero-order valence-electron chi connectivity index (χ0n) is 12.7. The van der Waals surface area contributed by atoms with E-state index in [1.165, 1.54) is 32.0 Å². The molecule has 2 rings (SSSR count). The van der Waals surface area contributed by atoms with Crippen molar-refractivity contribution < 1.29 is 4.74 Å². The molecule has 0 spiro atoms. The summed E-state index contributed by atoms with van der Waals surface area (Å²) in [5.74, 6) is 2.29. The van der Waals surface area contributed by atoms with Gasteiger partial charge in [0.2, 0.25) is 5.88 Å². The monoisotopic (exact) mass is 278 g/mol. The number of rotatable bonds is 5. The van der Waals surface area contributed by atoms with Gasteiger partial charge < -0.3 is 15.8 Å². The van der Waals surface area contributed by atoms with Gasteiger partial charge in [-0.05, 0) is 24.7 Å². The summed E-state index contributed by atoms with van der Waals surface area (Å²) in [5, 5.41) is 3.47. The second kappa shape index (κ2) is 6.77. The zero-order valence-corrected chi connectivity index (χ0v) is 12.7. The van der Waals surface area contributed by atoms with Gasteiger partial charge in [0, 0.05) is 6.04 Å². The number of aromatic nitrogens is 2. The number of nitrogens with zero attached hydrogens (tertiary/aromatic N) is 2. The predicted octanol–water partition coefficient (Wildman–Crippen LogP) is 3.08. The summed E-state index contributed by atoms with van der Waals surface area (Å²) in [6.45, 7) is 7.09. The lowest BCUT2D eigenvalue weighted by Gasteiger charge is -2.30. The highest BCUT2D eigenvalue weighted by atomic mass is 16.5. The molecule has 0 aromatic carbocycles. The van der Waals surface area contributed by atoms with Crippen molar-refractivity contribution in [2.45, 2.75) is 52.5 Å². The van der Waals surface area contributed by atoms with Crippen LogP contribution in [-0.4, -0.2) is 22.6 Å². The maximum atomic E-state index is 6.12. The van der Waals surface area contributed by atoms with E-state index in [0.29, 0.717) is 41.9 Å². The summed E-state index contributed by atoms with van der Waals surface area (Å²) in [5.41, 5.74) is 6.64. The quantitative estimate of drug-likeness (QED) is 0.866. The SMILES string of the molecule is CC(C)COc1ncnc(NC2CCCCC2C)c1N. The molecule has 1 aromatic rings. The van der Waals surface area contributed by atoms with Crippen LogP contribution in [0, 0.1) is 11.8 Å². The van der Waals surface area contributed by atoms with Crippen molar-refractivity contribution in [1.29, 1.82) is 0 Å². The Morgan fingerprint density at radius 1 is 1.35 bits per heavy atom. The number of nitrogens with two attached hydrogens (primary N) is 1. The second-order valence-corrected chi connectivity index (χ2v) is 6.16. The van der Waals surface area contributed by atoms with Crippen LogP contribution in [0.25, 0.3) is 0 Å². The van der Waals surface area contributed by atoms with Crippen LogP contribution in [0.4, 0.5) is 11.5 Å². The van der Waals surface area contributed by atoms with E-state index in [4.69, 9.17) is 10.5 Å². The summed E-state index contributed by atoms with van der Waals surface area (Å²) in [4.78, 5) is 8.39. The lowest BCUT2D eigenvalue weighted by atomic mass is 9.86. The minimum atomic E-state index is 0.443. The van der Waals surface area contributed by atoms with Crippen LogP contribution in [0.2, 0.25) is 0 Å². The minimum absolute atomic E-state index is 0.443. The van der Waals surface area contributed by atoms with Crippen LogP contribution in [0.1, 0.15) is 46.5 Å². The van der Waals surface area contributed by atoms with Gasteiger partial charge in [-0.3, -0.25) is 0 Å². The van der Waals surface area contributed by atoms with Gasteiger partial charge in [0.25, 0.3) is 0 Å². The van der Waals surface area contributed by atoms with E-state index >= 15 is 0 Å². The number of anilines is 2. The Morgan fingerprint density at radius 2 is 2.10 bits per heavy atom. The maximum absolute atomic E-state index is 6.12. The Labute approximate surface area is 121 Å². The Balaban J connectivity index is 2.05. The van der Waals surface area contributed by atoms with Crippen LogP contribution in [0.15, 0.2) is 6.33 Å². The molecule has 1 aliphatic carbocycles. The van der Waals surface area contributed by atoms with E-state index in [0.717, 1.165) is 0 Å². The first kappa shape index (κ1) is 14.9. The largest absolute Gasteiger partial charge is 0.476 e. The Kier molecular flexibility index (Phi) is 5.04. The number of nitrogens with one attached hydrogen (secondary N) is 1. The fraction of sp³-hybridized carbons (Fsp3) is 0.733. The van der Waals surface area contributed by atoms with Crippen molar-refractivity contribution in [2.24, 2.45) is 11.8 Å². The van der Waals surface area contributed by atoms with Gasteiger partial charge in [-0.15, -0.1) is 0 Å². The van der Waals surface area contributed by atoms with Crippen molar-refractivity contribution >= 4 is 11.5 Å². The van der Waals surface area contributed by atoms with E-state index in [1.807, 2.05) is 0 Å². The fourth-order valence-corrected chi connectivity index (χ4v) is 2.56. The Morgan fingerprint density at radius 3 is 2.80 bits per heavy atom. The molecular formula is C15H26N4O. The molecule has 0 bridgehead atoms. The molecule has 1 heterocycles. The third kappa shape index (κ3) is 3.74. The molecule has 3 N–H and O–H groups in total. The van der Waals surface area contributed by atoms with Gasteiger partial charge >= 0.3 is 0 Å². The summed E-state index contributed by atoms with van der Waals surface area (Å²) in [7, 11) is 0. The normalized spacial score (nSPS) is 22.8. The van der Waals surface area contributed by atoms with E-state index in [2.05, 4.69) is 36.1 Å². The molecule has 0 radical (unpaired) electrons. The molecule has 1 aliphatic rings. The molecule has 2 unspecified atom stereocenters. The molecule has 1 saturated carbocycles. The van der Waals surface area contributed by atoms with Crippen molar-refractivity contribution in [3.05, 3.63) is 6.33 Å². The summed E-state index contributed by atoms with van der Waals surface area (Å²) in [6, 6.07) is 0.443. The van der Waals surface area contributed by atoms with E-state index < -0.39 is 0 Å². The van der Waals surface area contributed by atoms with Crippen LogP contribution in [0.3, 0.4) is 0 Å². The average molecular weight is 278 g/mol. The predicted molar refractivity (Wildman–Crippen MR) is 81.8 cm³/mol. The summed E-state index contributed by atoms with van der Waals surface area (Å²) >= 11 is 0. The molecule has 0 amide bonds. The molecular weight excluding hydrogens is 252 g/mol. The molecule has 0 saturated heterocycles. The van der Waals surface area contributed by atoms with Crippen molar-refractivity contribution in [3.63, 3.8) is 0 Å². The number of hydrogen-bond acceptors (Lipinski definition) is 5. The summed E-state index contributed by atoms with van der Waals surface area (Å²) in [6.07, 6.45) is 6.54. The van der Waals surface area contributed by atoms with Crippen LogP contribution in [-0.2, 0) is 0 Å². The third-order valence-electron chi connectivity index (χ3n) is 3.83. The van der Waals surface area contributed by atoms with Crippen molar-refractivity contribution in [2.75, 3.05) is 17.7 Å². The van der Waals surface area contributed by atoms with Gasteiger partial charge in [0.15, 0.2) is 5.82 Å². The van der Waals surface area contributed by atoms with E-state index in [-0.39, 0.29) is 0 Å². The maximum Gasteiger partial charge on any atom is 0.242 e. The molecule has 2 atom stereocenters. The van der Waals surface area contributed by atoms with Crippen molar-refractivity contribution in [3.8, 4) is 5.88 Å². The standard InChI is InChI=1S/C15H26N4O/c1-10(2)8-20-15-13(16)14(17-9-18-15)19-12-7-5-4-6-11(12)3/h9-12H,4-8,16H2,1-3H3,(H,17,18,19). The number of hydrogen-bond donors (Lipinski definition) is 2. The van der Waals surface area contributed by atoms with Crippen molar-refractivity contribution in [1.82, 2.24) is 9.97 Å². The lowest BCUT2D eigenvalue weighted by molar-refractivity contribution is 0.262. The van der Waals surface area contributed by atoms with Gasteiger partial charge in [-0.25, -0.2) is 4.98 Å². The van der Waals surface area contributed by atoms with Gasteiger partial charge in [-0.1, -0.05) is 33.6 Å². The third-order valence-corrected chi connectivity index (χ3v) is 3.83. The molecule has 0 aliphatic heterocycles. The van der Waals surface area contributed by atoms with Gasteiger partial charge in [0.05, 0.1) is 6.61 Å². The number of nitrogen functional groups attached to an aromatic ring is 1. The Bertz CT molecular complexity index is 436. The number of ether oxygens (including phenoxy) is 1. The topological polar surface area (TPSA) is 73.1 Å². The van der Waals surface area contributed by atoms with Crippen LogP contribution >= 0.6 is 0 Å². The highest BCUT2D eigenvalue weighted by Crippen LogP contribution is 2.30. The van der Waals surface area contributed by atoms with Crippen LogP contribution < -0.4 is 15.8 Å². The lowest BCUT2D eigenvalue weighted by Crippen LogP contribution is -2.31. The molecule has 1 aromatic heterocycles. The minimum Gasteiger partial charge on any atom is -0.476 e. The zero-order chi connectivity index (χ0) is 14.5. The van der Waals surface area contributed by atoms with Gasteiger partial charge in [0.1, 0.15) is 12.0 Å². The molecule has 5 nitrogen and oxygen atoms in total. The smallest absolute Gasteiger partial charge is 0.242 e.